The van der Waals surface area contributed by atoms with Crippen LogP contribution in [0.5, 0.6) is 0 Å². The standard InChI is InChI=1S/C11H21NO/c1-3-10(4-2)12-9-7-5-6-8-11(12)13/h10H,3-9H2,1-2H3. The van der Waals surface area contributed by atoms with Crippen LogP contribution in [0, 0.1) is 0 Å². The third-order valence-corrected chi connectivity index (χ3v) is 2.99. The summed E-state index contributed by atoms with van der Waals surface area (Å²) < 4.78 is 0. The highest BCUT2D eigenvalue weighted by Crippen LogP contribution is 2.17. The fourth-order valence-corrected chi connectivity index (χ4v) is 2.12. The summed E-state index contributed by atoms with van der Waals surface area (Å²) in [4.78, 5) is 13.8. The van der Waals surface area contributed by atoms with E-state index in [1.807, 2.05) is 0 Å². The van der Waals surface area contributed by atoms with Crippen molar-refractivity contribution in [2.45, 2.75) is 58.4 Å². The molecule has 0 N–H and O–H groups in total. The second-order valence-corrected chi connectivity index (χ2v) is 3.87. The van der Waals surface area contributed by atoms with Gasteiger partial charge in [-0.05, 0) is 25.7 Å². The van der Waals surface area contributed by atoms with Gasteiger partial charge in [0.05, 0.1) is 0 Å². The van der Waals surface area contributed by atoms with Crippen molar-refractivity contribution in [2.75, 3.05) is 6.54 Å². The third-order valence-electron chi connectivity index (χ3n) is 2.99. The number of hydrogen-bond acceptors (Lipinski definition) is 1. The number of hydrogen-bond donors (Lipinski definition) is 0. The average Bonchev–Trinajstić information content (AvgIpc) is 2.34. The lowest BCUT2D eigenvalue weighted by Gasteiger charge is -2.29. The first-order valence-corrected chi connectivity index (χ1v) is 5.59. The fraction of sp³-hybridized carbons (Fsp3) is 0.909. The summed E-state index contributed by atoms with van der Waals surface area (Å²) in [7, 11) is 0. The molecule has 1 heterocycles. The van der Waals surface area contributed by atoms with Gasteiger partial charge in [0.1, 0.15) is 0 Å². The van der Waals surface area contributed by atoms with Crippen LogP contribution in [0.1, 0.15) is 52.4 Å². The van der Waals surface area contributed by atoms with Crippen LogP contribution in [-0.2, 0) is 4.79 Å². The van der Waals surface area contributed by atoms with Gasteiger partial charge in [0.25, 0.3) is 0 Å². The van der Waals surface area contributed by atoms with Crippen LogP contribution in [0.3, 0.4) is 0 Å². The first-order chi connectivity index (χ1) is 6.29. The molecule has 0 saturated carbocycles. The molecule has 0 aromatic heterocycles. The minimum absolute atomic E-state index is 0.381. The fourth-order valence-electron chi connectivity index (χ4n) is 2.12. The van der Waals surface area contributed by atoms with E-state index in [9.17, 15) is 4.79 Å². The van der Waals surface area contributed by atoms with Crippen LogP contribution in [0.2, 0.25) is 0 Å². The molecule has 2 nitrogen and oxygen atoms in total. The molecule has 1 rings (SSSR count). The topological polar surface area (TPSA) is 20.3 Å². The van der Waals surface area contributed by atoms with Crippen molar-refractivity contribution in [2.24, 2.45) is 0 Å². The second-order valence-electron chi connectivity index (χ2n) is 3.87. The van der Waals surface area contributed by atoms with Crippen molar-refractivity contribution in [1.82, 2.24) is 4.90 Å². The summed E-state index contributed by atoms with van der Waals surface area (Å²) in [6.45, 7) is 5.34. The minimum Gasteiger partial charge on any atom is -0.340 e. The minimum atomic E-state index is 0.381. The summed E-state index contributed by atoms with van der Waals surface area (Å²) in [5.41, 5.74) is 0. The second kappa shape index (κ2) is 5.25. The molecule has 0 unspecified atom stereocenters. The monoisotopic (exact) mass is 183 g/mol. The van der Waals surface area contributed by atoms with E-state index in [2.05, 4.69) is 18.7 Å². The smallest absolute Gasteiger partial charge is 0.222 e. The molecule has 0 aliphatic carbocycles. The zero-order valence-corrected chi connectivity index (χ0v) is 8.88. The Kier molecular flexibility index (Phi) is 4.26. The molecule has 1 amide bonds. The van der Waals surface area contributed by atoms with Crippen molar-refractivity contribution in [3.05, 3.63) is 0 Å². The molecular weight excluding hydrogens is 162 g/mol. The van der Waals surface area contributed by atoms with Gasteiger partial charge in [-0.25, -0.2) is 0 Å². The van der Waals surface area contributed by atoms with Crippen LogP contribution < -0.4 is 0 Å². The first kappa shape index (κ1) is 10.6. The Hall–Kier alpha value is -0.530. The Morgan fingerprint density at radius 3 is 2.54 bits per heavy atom. The van der Waals surface area contributed by atoms with Crippen LogP contribution in [0.4, 0.5) is 0 Å². The highest BCUT2D eigenvalue weighted by Gasteiger charge is 2.21. The summed E-state index contributed by atoms with van der Waals surface area (Å²) in [6, 6.07) is 0.491. The maximum atomic E-state index is 11.7. The van der Waals surface area contributed by atoms with Gasteiger partial charge in [0.2, 0.25) is 5.91 Å². The third kappa shape index (κ3) is 2.71. The predicted molar refractivity (Wildman–Crippen MR) is 54.6 cm³/mol. The van der Waals surface area contributed by atoms with E-state index < -0.39 is 0 Å². The summed E-state index contributed by atoms with van der Waals surface area (Å²) in [5, 5.41) is 0. The summed E-state index contributed by atoms with van der Waals surface area (Å²) >= 11 is 0. The Morgan fingerprint density at radius 2 is 1.92 bits per heavy atom. The van der Waals surface area contributed by atoms with E-state index in [-0.39, 0.29) is 0 Å². The van der Waals surface area contributed by atoms with Crippen molar-refractivity contribution in [1.29, 1.82) is 0 Å². The van der Waals surface area contributed by atoms with Gasteiger partial charge in [-0.2, -0.15) is 0 Å². The molecule has 0 radical (unpaired) electrons. The van der Waals surface area contributed by atoms with Crippen LogP contribution in [0.25, 0.3) is 0 Å². The number of carbonyl (C=O) groups excluding carboxylic acids is 1. The molecule has 0 aromatic carbocycles. The Morgan fingerprint density at radius 1 is 1.23 bits per heavy atom. The SMILES string of the molecule is CCC(CC)N1CCCCCC1=O. The molecule has 0 aromatic rings. The number of carbonyl (C=O) groups is 1. The van der Waals surface area contributed by atoms with Crippen LogP contribution >= 0.6 is 0 Å². The van der Waals surface area contributed by atoms with Gasteiger partial charge in [0.15, 0.2) is 0 Å². The molecule has 1 fully saturated rings. The van der Waals surface area contributed by atoms with E-state index >= 15 is 0 Å². The summed E-state index contributed by atoms with van der Waals surface area (Å²) in [5.74, 6) is 0.381. The normalized spacial score (nSPS) is 19.3. The lowest BCUT2D eigenvalue weighted by Crippen LogP contribution is -2.39. The number of rotatable bonds is 3. The lowest BCUT2D eigenvalue weighted by atomic mass is 10.1. The molecule has 0 atom stereocenters. The Bertz CT molecular complexity index is 163. The van der Waals surface area contributed by atoms with Crippen LogP contribution in [0.15, 0.2) is 0 Å². The maximum Gasteiger partial charge on any atom is 0.222 e. The van der Waals surface area contributed by atoms with E-state index in [0.717, 1.165) is 32.2 Å². The van der Waals surface area contributed by atoms with Crippen molar-refractivity contribution >= 4 is 5.91 Å². The van der Waals surface area contributed by atoms with E-state index in [1.54, 1.807) is 0 Å². The van der Waals surface area contributed by atoms with Gasteiger partial charge in [-0.3, -0.25) is 4.79 Å². The maximum absolute atomic E-state index is 11.7. The molecule has 13 heavy (non-hydrogen) atoms. The zero-order valence-electron chi connectivity index (χ0n) is 8.88. The highest BCUT2D eigenvalue weighted by atomic mass is 16.2. The van der Waals surface area contributed by atoms with E-state index in [0.29, 0.717) is 11.9 Å². The Labute approximate surface area is 81.3 Å². The van der Waals surface area contributed by atoms with Gasteiger partial charge in [-0.15, -0.1) is 0 Å². The molecule has 1 aliphatic heterocycles. The summed E-state index contributed by atoms with van der Waals surface area (Å²) in [6.07, 6.45) is 6.49. The zero-order chi connectivity index (χ0) is 9.68. The molecule has 1 saturated heterocycles. The molecule has 2 heteroatoms. The molecular formula is C11H21NO. The number of likely N-dealkylation sites (tertiary alicyclic amines) is 1. The lowest BCUT2D eigenvalue weighted by molar-refractivity contribution is -0.133. The quantitative estimate of drug-likeness (QED) is 0.658. The van der Waals surface area contributed by atoms with E-state index in [1.165, 1.54) is 12.8 Å². The molecule has 0 bridgehead atoms. The first-order valence-electron chi connectivity index (χ1n) is 5.59. The van der Waals surface area contributed by atoms with E-state index in [4.69, 9.17) is 0 Å². The number of nitrogens with zero attached hydrogens (tertiary/aromatic N) is 1. The molecule has 0 spiro atoms. The van der Waals surface area contributed by atoms with Gasteiger partial charge in [-0.1, -0.05) is 20.3 Å². The largest absolute Gasteiger partial charge is 0.340 e. The molecule has 1 aliphatic rings. The van der Waals surface area contributed by atoms with Crippen LogP contribution in [-0.4, -0.2) is 23.4 Å². The van der Waals surface area contributed by atoms with Crippen molar-refractivity contribution in [3.63, 3.8) is 0 Å². The number of amides is 1. The van der Waals surface area contributed by atoms with Crippen molar-refractivity contribution < 1.29 is 4.79 Å². The Balaban J connectivity index is 2.57. The van der Waals surface area contributed by atoms with Gasteiger partial charge >= 0.3 is 0 Å². The predicted octanol–water partition coefficient (Wildman–Crippen LogP) is 2.58. The van der Waals surface area contributed by atoms with Gasteiger partial charge in [0, 0.05) is 19.0 Å². The van der Waals surface area contributed by atoms with Gasteiger partial charge < -0.3 is 4.90 Å². The highest BCUT2D eigenvalue weighted by molar-refractivity contribution is 5.76. The average molecular weight is 183 g/mol. The van der Waals surface area contributed by atoms with Crippen molar-refractivity contribution in [3.8, 4) is 0 Å². The molecule has 76 valence electrons.